The van der Waals surface area contributed by atoms with E-state index in [1.807, 2.05) is 0 Å². The summed E-state index contributed by atoms with van der Waals surface area (Å²) < 4.78 is 0. The summed E-state index contributed by atoms with van der Waals surface area (Å²) in [5.74, 6) is -0.556. The van der Waals surface area contributed by atoms with E-state index in [4.69, 9.17) is 17.3 Å². The molecule has 6 nitrogen and oxygen atoms in total. The van der Waals surface area contributed by atoms with Crippen molar-refractivity contribution >= 4 is 46.1 Å². The van der Waals surface area contributed by atoms with E-state index in [2.05, 4.69) is 15.6 Å². The lowest BCUT2D eigenvalue weighted by Gasteiger charge is -2.08. The van der Waals surface area contributed by atoms with E-state index in [1.165, 1.54) is 18.3 Å². The number of nitrogens with one attached hydrogen (secondary N) is 2. The lowest BCUT2D eigenvalue weighted by molar-refractivity contribution is -0.114. The molecule has 0 unspecified atom stereocenters. The molecule has 0 aliphatic heterocycles. The van der Waals surface area contributed by atoms with Crippen molar-refractivity contribution in [3.05, 3.63) is 39.3 Å². The summed E-state index contributed by atoms with van der Waals surface area (Å²) in [6.45, 7) is 1.69. The minimum Gasteiger partial charge on any atom is -0.325 e. The molecular weight excluding hydrogens is 312 g/mol. The van der Waals surface area contributed by atoms with Crippen LogP contribution in [0.4, 0.5) is 11.4 Å². The van der Waals surface area contributed by atoms with Crippen molar-refractivity contribution in [3.8, 4) is 0 Å². The fourth-order valence-corrected chi connectivity index (χ4v) is 2.47. The predicted molar refractivity (Wildman–Crippen MR) is 83.7 cm³/mol. The first-order chi connectivity index (χ1) is 9.99. The molecule has 8 heteroatoms. The molecule has 1 aromatic heterocycles. The van der Waals surface area contributed by atoms with E-state index in [9.17, 15) is 9.59 Å². The number of nitrogens with zero attached hydrogens (tertiary/aromatic N) is 1. The number of carbonyl (C=O) groups is 2. The number of hydrogen-bond donors (Lipinski definition) is 3. The number of carbonyl (C=O) groups excluding carboxylic acids is 2. The number of halogens is 1. The number of thiazole rings is 1. The van der Waals surface area contributed by atoms with Gasteiger partial charge in [-0.3, -0.25) is 9.59 Å². The molecule has 1 aromatic carbocycles. The Kier molecular flexibility index (Phi) is 4.89. The number of nitrogens with two attached hydrogens (primary N) is 1. The smallest absolute Gasteiger partial charge is 0.275 e. The molecule has 2 amide bonds. The maximum atomic E-state index is 12.0. The molecule has 0 aliphatic carbocycles. The van der Waals surface area contributed by atoms with Gasteiger partial charge in [0.15, 0.2) is 0 Å². The van der Waals surface area contributed by atoms with E-state index >= 15 is 0 Å². The van der Waals surface area contributed by atoms with E-state index in [0.717, 1.165) is 0 Å². The highest BCUT2D eigenvalue weighted by atomic mass is 35.5. The topological polar surface area (TPSA) is 97.1 Å². The van der Waals surface area contributed by atoms with Gasteiger partial charge in [0.25, 0.3) is 5.91 Å². The quantitative estimate of drug-likeness (QED) is 0.804. The van der Waals surface area contributed by atoms with E-state index in [-0.39, 0.29) is 11.8 Å². The Morgan fingerprint density at radius 3 is 2.71 bits per heavy atom. The van der Waals surface area contributed by atoms with E-state index in [1.54, 1.807) is 23.6 Å². The summed E-state index contributed by atoms with van der Waals surface area (Å²) >= 11 is 7.36. The van der Waals surface area contributed by atoms with Crippen LogP contribution >= 0.6 is 22.9 Å². The van der Waals surface area contributed by atoms with Gasteiger partial charge in [0.2, 0.25) is 5.91 Å². The number of anilines is 2. The molecule has 4 N–H and O–H groups in total. The van der Waals surface area contributed by atoms with Gasteiger partial charge in [0.1, 0.15) is 10.7 Å². The summed E-state index contributed by atoms with van der Waals surface area (Å²) in [5, 5.41) is 7.95. The lowest BCUT2D eigenvalue weighted by Crippen LogP contribution is -2.13. The summed E-state index contributed by atoms with van der Waals surface area (Å²) in [5.41, 5.74) is 6.77. The highest BCUT2D eigenvalue weighted by molar-refractivity contribution is 7.09. The summed E-state index contributed by atoms with van der Waals surface area (Å²) in [7, 11) is 0. The summed E-state index contributed by atoms with van der Waals surface area (Å²) in [4.78, 5) is 27.1. The monoisotopic (exact) mass is 324 g/mol. The molecule has 0 saturated carbocycles. The van der Waals surface area contributed by atoms with Crippen LogP contribution in [0.1, 0.15) is 22.4 Å². The van der Waals surface area contributed by atoms with Crippen LogP contribution in [-0.4, -0.2) is 16.8 Å². The molecular formula is C13H13ClN4O2S. The maximum Gasteiger partial charge on any atom is 0.275 e. The van der Waals surface area contributed by atoms with Gasteiger partial charge in [-0.2, -0.15) is 0 Å². The number of benzene rings is 1. The fraction of sp³-hybridized carbons (Fsp3) is 0.154. The van der Waals surface area contributed by atoms with Gasteiger partial charge >= 0.3 is 0 Å². The number of hydrogen-bond acceptors (Lipinski definition) is 5. The second kappa shape index (κ2) is 6.66. The molecule has 0 saturated heterocycles. The van der Waals surface area contributed by atoms with Crippen LogP contribution in [0.15, 0.2) is 23.6 Å². The Labute approximate surface area is 130 Å². The van der Waals surface area contributed by atoms with Gasteiger partial charge in [-0.05, 0) is 18.2 Å². The molecule has 0 radical (unpaired) electrons. The maximum absolute atomic E-state index is 12.0. The highest BCUT2D eigenvalue weighted by Crippen LogP contribution is 2.25. The SMILES string of the molecule is CC(=O)Nc1ccc(NC(=O)c2csc(CN)n2)cc1Cl. The number of rotatable bonds is 4. The predicted octanol–water partition coefficient (Wildman–Crippen LogP) is 2.47. The van der Waals surface area contributed by atoms with E-state index < -0.39 is 0 Å². The highest BCUT2D eigenvalue weighted by Gasteiger charge is 2.11. The zero-order chi connectivity index (χ0) is 15.4. The van der Waals surface area contributed by atoms with Crippen molar-refractivity contribution in [2.75, 3.05) is 10.6 Å². The van der Waals surface area contributed by atoms with Gasteiger partial charge in [0, 0.05) is 24.5 Å². The molecule has 0 bridgehead atoms. The average Bonchev–Trinajstić information content (AvgIpc) is 2.90. The van der Waals surface area contributed by atoms with Crippen LogP contribution in [0.5, 0.6) is 0 Å². The first-order valence-corrected chi connectivity index (χ1v) is 7.28. The van der Waals surface area contributed by atoms with Crippen molar-refractivity contribution in [2.45, 2.75) is 13.5 Å². The fourth-order valence-electron chi connectivity index (χ4n) is 1.59. The van der Waals surface area contributed by atoms with Crippen LogP contribution in [-0.2, 0) is 11.3 Å². The Hall–Kier alpha value is -1.96. The Balaban J connectivity index is 2.10. The molecule has 0 atom stereocenters. The molecule has 1 heterocycles. The van der Waals surface area contributed by atoms with Crippen LogP contribution < -0.4 is 16.4 Å². The Morgan fingerprint density at radius 1 is 1.38 bits per heavy atom. The summed E-state index contributed by atoms with van der Waals surface area (Å²) in [6, 6.07) is 4.82. The summed E-state index contributed by atoms with van der Waals surface area (Å²) in [6.07, 6.45) is 0. The zero-order valence-corrected chi connectivity index (χ0v) is 12.7. The first kappa shape index (κ1) is 15.4. The third-order valence-corrected chi connectivity index (χ3v) is 3.68. The molecule has 0 aliphatic rings. The van der Waals surface area contributed by atoms with Gasteiger partial charge in [-0.1, -0.05) is 11.6 Å². The minimum atomic E-state index is -0.339. The van der Waals surface area contributed by atoms with E-state index in [0.29, 0.717) is 33.6 Å². The first-order valence-electron chi connectivity index (χ1n) is 6.02. The van der Waals surface area contributed by atoms with Crippen LogP contribution in [0, 0.1) is 0 Å². The van der Waals surface area contributed by atoms with Crippen molar-refractivity contribution in [1.82, 2.24) is 4.98 Å². The minimum absolute atomic E-state index is 0.217. The molecule has 21 heavy (non-hydrogen) atoms. The molecule has 2 rings (SSSR count). The Bertz CT molecular complexity index is 687. The second-order valence-corrected chi connectivity index (χ2v) is 5.51. The Morgan fingerprint density at radius 2 is 2.14 bits per heavy atom. The average molecular weight is 325 g/mol. The molecule has 110 valence electrons. The van der Waals surface area contributed by atoms with Crippen LogP contribution in [0.25, 0.3) is 0 Å². The second-order valence-electron chi connectivity index (χ2n) is 4.16. The van der Waals surface area contributed by atoms with Crippen molar-refractivity contribution in [2.24, 2.45) is 5.73 Å². The molecule has 0 fully saturated rings. The normalized spacial score (nSPS) is 10.2. The molecule has 2 aromatic rings. The van der Waals surface area contributed by atoms with Gasteiger partial charge < -0.3 is 16.4 Å². The lowest BCUT2D eigenvalue weighted by atomic mass is 10.2. The van der Waals surface area contributed by atoms with Crippen LogP contribution in [0.2, 0.25) is 5.02 Å². The zero-order valence-electron chi connectivity index (χ0n) is 11.1. The third kappa shape index (κ3) is 4.01. The standard InChI is InChI=1S/C13H13ClN4O2S/c1-7(19)16-10-3-2-8(4-9(10)14)17-13(20)11-6-21-12(5-15)18-11/h2-4,6H,5,15H2,1H3,(H,16,19)(H,17,20). The van der Waals surface area contributed by atoms with Crippen LogP contribution in [0.3, 0.4) is 0 Å². The largest absolute Gasteiger partial charge is 0.325 e. The van der Waals surface area contributed by atoms with Crippen molar-refractivity contribution in [1.29, 1.82) is 0 Å². The number of aromatic nitrogens is 1. The van der Waals surface area contributed by atoms with Gasteiger partial charge in [0.05, 0.1) is 10.7 Å². The van der Waals surface area contributed by atoms with Gasteiger partial charge in [-0.15, -0.1) is 11.3 Å². The van der Waals surface area contributed by atoms with Crippen molar-refractivity contribution < 1.29 is 9.59 Å². The number of amides is 2. The van der Waals surface area contributed by atoms with Gasteiger partial charge in [-0.25, -0.2) is 4.98 Å². The van der Waals surface area contributed by atoms with Crippen molar-refractivity contribution in [3.63, 3.8) is 0 Å². The molecule has 0 spiro atoms. The third-order valence-electron chi connectivity index (χ3n) is 2.50.